The third-order valence-corrected chi connectivity index (χ3v) is 2.79. The highest BCUT2D eigenvalue weighted by molar-refractivity contribution is 5.72. The minimum absolute atomic E-state index is 0.0692. The number of nitrogens with one attached hydrogen (secondary N) is 1. The maximum Gasteiger partial charge on any atom is 0.412 e. The lowest BCUT2D eigenvalue weighted by atomic mass is 10.0. The maximum absolute atomic E-state index is 12.6. The molecule has 0 aromatic heterocycles. The van der Waals surface area contributed by atoms with Gasteiger partial charge in [0.15, 0.2) is 11.5 Å². The highest BCUT2D eigenvalue weighted by Crippen LogP contribution is 2.41. The average Bonchev–Trinajstić information content (AvgIpc) is 2.62. The number of para-hydroxylation sites is 1. The number of carbonyl (C=O) groups excluding carboxylic acids is 1. The molecule has 0 saturated heterocycles. The van der Waals surface area contributed by atoms with E-state index in [1.54, 1.807) is 6.07 Å². The molecule has 2 rings (SSSR count). The Kier molecular flexibility index (Phi) is 3.64. The van der Waals surface area contributed by atoms with E-state index in [9.17, 15) is 9.18 Å². The van der Waals surface area contributed by atoms with Crippen molar-refractivity contribution >= 4 is 6.09 Å². The van der Waals surface area contributed by atoms with Crippen molar-refractivity contribution in [2.75, 3.05) is 6.54 Å². The first-order valence-electron chi connectivity index (χ1n) is 6.28. The molecular formula is C14H18FNO3. The van der Waals surface area contributed by atoms with Crippen LogP contribution in [0.4, 0.5) is 9.18 Å². The number of rotatable bonds is 3. The lowest BCUT2D eigenvalue weighted by Gasteiger charge is -2.18. The Hall–Kier alpha value is -1.78. The van der Waals surface area contributed by atoms with E-state index in [0.717, 1.165) is 12.0 Å². The van der Waals surface area contributed by atoms with Crippen molar-refractivity contribution < 1.29 is 18.7 Å². The molecule has 0 saturated carbocycles. The van der Waals surface area contributed by atoms with E-state index in [0.29, 0.717) is 11.5 Å². The second-order valence-corrected chi connectivity index (χ2v) is 5.33. The molecule has 1 atom stereocenters. The topological polar surface area (TPSA) is 47.6 Å². The molecule has 5 heteroatoms. The van der Waals surface area contributed by atoms with Gasteiger partial charge in [0.25, 0.3) is 0 Å². The molecule has 1 unspecified atom stereocenters. The van der Waals surface area contributed by atoms with E-state index >= 15 is 0 Å². The summed E-state index contributed by atoms with van der Waals surface area (Å²) in [6.07, 6.45) is -1.02. The number of alkyl halides is 1. The van der Waals surface area contributed by atoms with Crippen LogP contribution < -0.4 is 14.8 Å². The zero-order valence-electron chi connectivity index (χ0n) is 11.3. The number of hydrogen-bond acceptors (Lipinski definition) is 3. The summed E-state index contributed by atoms with van der Waals surface area (Å²) in [5.41, 5.74) is 0.709. The molecule has 4 nitrogen and oxygen atoms in total. The van der Waals surface area contributed by atoms with Gasteiger partial charge in [-0.1, -0.05) is 12.1 Å². The van der Waals surface area contributed by atoms with Crippen molar-refractivity contribution in [3.63, 3.8) is 0 Å². The Morgan fingerprint density at radius 3 is 3.00 bits per heavy atom. The molecule has 1 amide bonds. The van der Waals surface area contributed by atoms with Crippen molar-refractivity contribution in [3.8, 4) is 11.5 Å². The third-order valence-electron chi connectivity index (χ3n) is 2.79. The van der Waals surface area contributed by atoms with Crippen LogP contribution in [0.15, 0.2) is 18.2 Å². The van der Waals surface area contributed by atoms with Crippen LogP contribution in [-0.4, -0.2) is 24.4 Å². The van der Waals surface area contributed by atoms with Gasteiger partial charge in [-0.3, -0.25) is 0 Å². The minimum Gasteiger partial charge on any atom is -0.483 e. The van der Waals surface area contributed by atoms with Crippen molar-refractivity contribution in [3.05, 3.63) is 23.8 Å². The predicted octanol–water partition coefficient (Wildman–Crippen LogP) is 2.85. The van der Waals surface area contributed by atoms with E-state index in [4.69, 9.17) is 9.47 Å². The van der Waals surface area contributed by atoms with Gasteiger partial charge in [-0.15, -0.1) is 0 Å². The minimum atomic E-state index is -1.11. The molecule has 1 aliphatic heterocycles. The lowest BCUT2D eigenvalue weighted by molar-refractivity contribution is 0.132. The molecule has 0 aliphatic carbocycles. The molecule has 1 N–H and O–H groups in total. The fourth-order valence-corrected chi connectivity index (χ4v) is 2.03. The first-order valence-corrected chi connectivity index (χ1v) is 6.28. The number of benzene rings is 1. The van der Waals surface area contributed by atoms with Gasteiger partial charge < -0.3 is 14.8 Å². The summed E-state index contributed by atoms with van der Waals surface area (Å²) in [5, 5.41) is 2.35. The maximum atomic E-state index is 12.6. The zero-order valence-corrected chi connectivity index (χ0v) is 11.3. The van der Waals surface area contributed by atoms with Crippen LogP contribution in [0.5, 0.6) is 11.5 Å². The van der Waals surface area contributed by atoms with Crippen LogP contribution in [0.25, 0.3) is 0 Å². The Morgan fingerprint density at radius 2 is 2.32 bits per heavy atom. The summed E-state index contributed by atoms with van der Waals surface area (Å²) in [4.78, 5) is 11.5. The third kappa shape index (κ3) is 3.36. The zero-order chi connectivity index (χ0) is 14.0. The van der Waals surface area contributed by atoms with Gasteiger partial charge in [0.2, 0.25) is 0 Å². The standard InChI is InChI=1S/C14H18FNO3/c1-9(15)8-16-13(17)18-11-6-4-5-10-7-14(2,3)19-12(10)11/h4-6,9H,7-8H2,1-3H3,(H,16,17). The van der Waals surface area contributed by atoms with Crippen LogP contribution in [0.1, 0.15) is 26.3 Å². The number of ether oxygens (including phenoxy) is 2. The molecule has 104 valence electrons. The highest BCUT2D eigenvalue weighted by Gasteiger charge is 2.32. The fourth-order valence-electron chi connectivity index (χ4n) is 2.03. The van der Waals surface area contributed by atoms with Crippen LogP contribution >= 0.6 is 0 Å². The van der Waals surface area contributed by atoms with Crippen LogP contribution in [0.2, 0.25) is 0 Å². The molecular weight excluding hydrogens is 249 g/mol. The van der Waals surface area contributed by atoms with Gasteiger partial charge in [-0.25, -0.2) is 9.18 Å². The molecule has 1 aromatic carbocycles. The van der Waals surface area contributed by atoms with Crippen LogP contribution in [0, 0.1) is 0 Å². The summed E-state index contributed by atoms with van der Waals surface area (Å²) >= 11 is 0. The second kappa shape index (κ2) is 5.07. The first kappa shape index (κ1) is 13.6. The Morgan fingerprint density at radius 1 is 1.58 bits per heavy atom. The summed E-state index contributed by atoms with van der Waals surface area (Å²) in [6, 6.07) is 5.42. The largest absolute Gasteiger partial charge is 0.483 e. The monoisotopic (exact) mass is 267 g/mol. The number of fused-ring (bicyclic) bond motifs is 1. The van der Waals surface area contributed by atoms with Gasteiger partial charge in [0.05, 0.1) is 6.54 Å². The Labute approximate surface area is 111 Å². The van der Waals surface area contributed by atoms with Crippen LogP contribution in [-0.2, 0) is 6.42 Å². The molecule has 1 aliphatic rings. The van der Waals surface area contributed by atoms with Gasteiger partial charge in [-0.05, 0) is 26.8 Å². The SMILES string of the molecule is CC(F)CNC(=O)Oc1cccc2c1OC(C)(C)C2. The molecule has 0 spiro atoms. The van der Waals surface area contributed by atoms with Crippen LogP contribution in [0.3, 0.4) is 0 Å². The van der Waals surface area contributed by atoms with E-state index in [2.05, 4.69) is 5.32 Å². The molecule has 1 aromatic rings. The normalized spacial score (nSPS) is 17.3. The van der Waals surface area contributed by atoms with Crippen molar-refractivity contribution in [1.29, 1.82) is 0 Å². The molecule has 0 radical (unpaired) electrons. The Bertz CT molecular complexity index is 486. The van der Waals surface area contributed by atoms with Gasteiger partial charge in [-0.2, -0.15) is 0 Å². The molecule has 0 bridgehead atoms. The summed E-state index contributed by atoms with van der Waals surface area (Å²) in [7, 11) is 0. The smallest absolute Gasteiger partial charge is 0.412 e. The van der Waals surface area contributed by atoms with Crippen molar-refractivity contribution in [1.82, 2.24) is 5.32 Å². The van der Waals surface area contributed by atoms with E-state index in [1.807, 2.05) is 26.0 Å². The highest BCUT2D eigenvalue weighted by atomic mass is 19.1. The molecule has 0 fully saturated rings. The number of carbonyl (C=O) groups is 1. The predicted molar refractivity (Wildman–Crippen MR) is 69.4 cm³/mol. The van der Waals surface area contributed by atoms with Gasteiger partial charge in [0.1, 0.15) is 11.8 Å². The number of amides is 1. The fraction of sp³-hybridized carbons (Fsp3) is 0.500. The lowest BCUT2D eigenvalue weighted by Crippen LogP contribution is -2.31. The van der Waals surface area contributed by atoms with Crippen molar-refractivity contribution in [2.45, 2.75) is 39.0 Å². The van der Waals surface area contributed by atoms with Gasteiger partial charge >= 0.3 is 6.09 Å². The van der Waals surface area contributed by atoms with E-state index in [-0.39, 0.29) is 12.1 Å². The Balaban J connectivity index is 2.07. The molecule has 1 heterocycles. The quantitative estimate of drug-likeness (QED) is 0.916. The number of hydrogen-bond donors (Lipinski definition) is 1. The van der Waals surface area contributed by atoms with Gasteiger partial charge in [0, 0.05) is 12.0 Å². The summed E-state index contributed by atoms with van der Waals surface area (Å²) < 4.78 is 23.6. The second-order valence-electron chi connectivity index (χ2n) is 5.33. The number of halogens is 1. The van der Waals surface area contributed by atoms with E-state index < -0.39 is 12.3 Å². The molecule has 19 heavy (non-hydrogen) atoms. The average molecular weight is 267 g/mol. The van der Waals surface area contributed by atoms with E-state index in [1.165, 1.54) is 6.92 Å². The first-order chi connectivity index (χ1) is 8.87. The summed E-state index contributed by atoms with van der Waals surface area (Å²) in [6.45, 7) is 5.25. The summed E-state index contributed by atoms with van der Waals surface area (Å²) in [5.74, 6) is 0.961. The van der Waals surface area contributed by atoms with Crippen molar-refractivity contribution in [2.24, 2.45) is 0 Å².